The number of amides is 1. The van der Waals surface area contributed by atoms with E-state index in [1.165, 1.54) is 0 Å². The van der Waals surface area contributed by atoms with Crippen molar-refractivity contribution in [3.63, 3.8) is 0 Å². The van der Waals surface area contributed by atoms with Gasteiger partial charge in [0.1, 0.15) is 5.69 Å². The van der Waals surface area contributed by atoms with Crippen molar-refractivity contribution < 1.29 is 4.79 Å². The highest BCUT2D eigenvalue weighted by Crippen LogP contribution is 2.19. The molecule has 0 fully saturated rings. The van der Waals surface area contributed by atoms with Crippen molar-refractivity contribution in [1.82, 2.24) is 14.7 Å². The lowest BCUT2D eigenvalue weighted by molar-refractivity contribution is 0.0725. The first-order valence-electron chi connectivity index (χ1n) is 6.54. The zero-order chi connectivity index (χ0) is 13.9. The van der Waals surface area contributed by atoms with Gasteiger partial charge in [0, 0.05) is 19.6 Å². The number of carbonyl (C=O) groups excluding carboxylic acids is 1. The molecule has 1 aromatic rings. The van der Waals surface area contributed by atoms with Crippen LogP contribution in [0.2, 0.25) is 0 Å². The van der Waals surface area contributed by atoms with Crippen LogP contribution in [0.3, 0.4) is 0 Å². The largest absolute Gasteiger partial charge is 0.395 e. The second kappa shape index (κ2) is 5.89. The van der Waals surface area contributed by atoms with Crippen molar-refractivity contribution >= 4 is 11.6 Å². The van der Waals surface area contributed by atoms with E-state index in [4.69, 9.17) is 5.73 Å². The molecule has 0 radical (unpaired) electrons. The molecule has 1 amide bonds. The van der Waals surface area contributed by atoms with Gasteiger partial charge in [-0.3, -0.25) is 9.48 Å². The summed E-state index contributed by atoms with van der Waals surface area (Å²) in [7, 11) is 1.82. The van der Waals surface area contributed by atoms with E-state index in [1.54, 1.807) is 9.58 Å². The molecular formula is C13H24N4O. The lowest BCUT2D eigenvalue weighted by atomic mass is 10.1. The van der Waals surface area contributed by atoms with Crippen molar-refractivity contribution in [1.29, 1.82) is 0 Å². The van der Waals surface area contributed by atoms with Gasteiger partial charge in [-0.1, -0.05) is 13.3 Å². The number of aryl methyl sites for hydroxylation is 2. The summed E-state index contributed by atoms with van der Waals surface area (Å²) < 4.78 is 1.68. The van der Waals surface area contributed by atoms with E-state index in [2.05, 4.69) is 18.9 Å². The molecule has 5 nitrogen and oxygen atoms in total. The molecule has 1 heterocycles. The SMILES string of the molecule is CCCC(C)N(C)C(=O)c1c(N)c(C)nn1CC. The standard InChI is InChI=1S/C13H24N4O/c1-6-8-9(3)16(5)13(18)12-11(14)10(4)15-17(12)7-2/h9H,6-8,14H2,1-5H3. The molecule has 102 valence electrons. The van der Waals surface area contributed by atoms with Crippen LogP contribution < -0.4 is 5.73 Å². The van der Waals surface area contributed by atoms with Crippen LogP contribution in [0.5, 0.6) is 0 Å². The van der Waals surface area contributed by atoms with E-state index in [0.717, 1.165) is 18.5 Å². The minimum Gasteiger partial charge on any atom is -0.395 e. The molecule has 0 saturated heterocycles. The van der Waals surface area contributed by atoms with Gasteiger partial charge in [0.25, 0.3) is 5.91 Å². The molecule has 1 rings (SSSR count). The Morgan fingerprint density at radius 1 is 1.50 bits per heavy atom. The summed E-state index contributed by atoms with van der Waals surface area (Å²) in [5, 5.41) is 4.28. The topological polar surface area (TPSA) is 64.2 Å². The maximum absolute atomic E-state index is 12.5. The Labute approximate surface area is 109 Å². The molecule has 0 saturated carbocycles. The molecule has 0 spiro atoms. The highest BCUT2D eigenvalue weighted by atomic mass is 16.2. The fraction of sp³-hybridized carbons (Fsp3) is 0.692. The zero-order valence-electron chi connectivity index (χ0n) is 12.0. The summed E-state index contributed by atoms with van der Waals surface area (Å²) in [5.41, 5.74) is 7.69. The van der Waals surface area contributed by atoms with E-state index in [9.17, 15) is 4.79 Å². The van der Waals surface area contributed by atoms with Crippen molar-refractivity contribution in [2.24, 2.45) is 0 Å². The van der Waals surface area contributed by atoms with E-state index >= 15 is 0 Å². The highest BCUT2D eigenvalue weighted by molar-refractivity contribution is 5.98. The first-order valence-corrected chi connectivity index (χ1v) is 6.54. The summed E-state index contributed by atoms with van der Waals surface area (Å²) in [6.45, 7) is 8.60. The fourth-order valence-electron chi connectivity index (χ4n) is 2.03. The van der Waals surface area contributed by atoms with Crippen LogP contribution >= 0.6 is 0 Å². The lowest BCUT2D eigenvalue weighted by Gasteiger charge is -2.25. The summed E-state index contributed by atoms with van der Waals surface area (Å²) in [6, 6.07) is 0.211. The summed E-state index contributed by atoms with van der Waals surface area (Å²) in [5.74, 6) is -0.0455. The highest BCUT2D eigenvalue weighted by Gasteiger charge is 2.24. The van der Waals surface area contributed by atoms with Crippen molar-refractivity contribution in [2.45, 2.75) is 53.1 Å². The summed E-state index contributed by atoms with van der Waals surface area (Å²) in [4.78, 5) is 14.2. The third-order valence-electron chi connectivity index (χ3n) is 3.36. The predicted molar refractivity (Wildman–Crippen MR) is 73.5 cm³/mol. The Kier molecular flexibility index (Phi) is 4.76. The van der Waals surface area contributed by atoms with Gasteiger partial charge in [-0.2, -0.15) is 5.10 Å². The number of rotatable bonds is 5. The third kappa shape index (κ3) is 2.66. The van der Waals surface area contributed by atoms with Gasteiger partial charge >= 0.3 is 0 Å². The second-order valence-corrected chi connectivity index (χ2v) is 4.72. The molecule has 0 aliphatic rings. The van der Waals surface area contributed by atoms with E-state index < -0.39 is 0 Å². The minimum atomic E-state index is -0.0455. The fourth-order valence-corrected chi connectivity index (χ4v) is 2.03. The van der Waals surface area contributed by atoms with Crippen molar-refractivity contribution in [2.75, 3.05) is 12.8 Å². The molecule has 5 heteroatoms. The molecule has 0 bridgehead atoms. The van der Waals surface area contributed by atoms with Crippen molar-refractivity contribution in [3.8, 4) is 0 Å². The number of nitrogens with zero attached hydrogens (tertiary/aromatic N) is 3. The molecule has 0 aromatic carbocycles. The molecule has 1 unspecified atom stereocenters. The van der Waals surface area contributed by atoms with Gasteiger partial charge in [-0.05, 0) is 27.2 Å². The molecular weight excluding hydrogens is 228 g/mol. The van der Waals surface area contributed by atoms with Gasteiger partial charge in [0.15, 0.2) is 0 Å². The molecule has 1 aromatic heterocycles. The Balaban J connectivity index is 3.03. The van der Waals surface area contributed by atoms with Gasteiger partial charge < -0.3 is 10.6 Å². The Hall–Kier alpha value is -1.52. The van der Waals surface area contributed by atoms with Gasteiger partial charge in [-0.25, -0.2) is 0 Å². The maximum Gasteiger partial charge on any atom is 0.274 e. The van der Waals surface area contributed by atoms with Gasteiger partial charge in [-0.15, -0.1) is 0 Å². The number of carbonyl (C=O) groups is 1. The molecule has 0 aliphatic carbocycles. The minimum absolute atomic E-state index is 0.0455. The number of hydrogen-bond donors (Lipinski definition) is 1. The number of nitrogen functional groups attached to an aromatic ring is 1. The van der Waals surface area contributed by atoms with Crippen molar-refractivity contribution in [3.05, 3.63) is 11.4 Å². The number of aromatic nitrogens is 2. The van der Waals surface area contributed by atoms with Gasteiger partial charge in [0.2, 0.25) is 0 Å². The average molecular weight is 252 g/mol. The normalized spacial score (nSPS) is 12.5. The molecule has 0 aliphatic heterocycles. The quantitative estimate of drug-likeness (QED) is 0.872. The number of hydrogen-bond acceptors (Lipinski definition) is 3. The number of nitrogens with two attached hydrogens (primary N) is 1. The Morgan fingerprint density at radius 2 is 2.11 bits per heavy atom. The monoisotopic (exact) mass is 252 g/mol. The van der Waals surface area contributed by atoms with Crippen LogP contribution in [-0.2, 0) is 6.54 Å². The maximum atomic E-state index is 12.5. The summed E-state index contributed by atoms with van der Waals surface area (Å²) >= 11 is 0. The lowest BCUT2D eigenvalue weighted by Crippen LogP contribution is -2.36. The van der Waals surface area contributed by atoms with Crippen LogP contribution in [-0.4, -0.2) is 33.7 Å². The van der Waals surface area contributed by atoms with E-state index in [1.807, 2.05) is 20.9 Å². The average Bonchev–Trinajstić information content (AvgIpc) is 2.63. The van der Waals surface area contributed by atoms with E-state index in [-0.39, 0.29) is 11.9 Å². The van der Waals surface area contributed by atoms with Crippen LogP contribution in [0.15, 0.2) is 0 Å². The molecule has 2 N–H and O–H groups in total. The summed E-state index contributed by atoms with van der Waals surface area (Å²) in [6.07, 6.45) is 2.04. The first kappa shape index (κ1) is 14.5. The molecule has 1 atom stereocenters. The number of anilines is 1. The third-order valence-corrected chi connectivity index (χ3v) is 3.36. The Bertz CT molecular complexity index is 425. The second-order valence-electron chi connectivity index (χ2n) is 4.72. The van der Waals surface area contributed by atoms with Crippen LogP contribution in [0.25, 0.3) is 0 Å². The zero-order valence-corrected chi connectivity index (χ0v) is 12.0. The predicted octanol–water partition coefficient (Wildman–Crippen LogP) is 2.05. The first-order chi connectivity index (χ1) is 8.43. The van der Waals surface area contributed by atoms with Crippen LogP contribution in [0.4, 0.5) is 5.69 Å². The van der Waals surface area contributed by atoms with Crippen LogP contribution in [0, 0.1) is 6.92 Å². The molecule has 18 heavy (non-hydrogen) atoms. The van der Waals surface area contributed by atoms with Crippen LogP contribution in [0.1, 0.15) is 49.8 Å². The van der Waals surface area contributed by atoms with E-state index in [0.29, 0.717) is 17.9 Å². The smallest absolute Gasteiger partial charge is 0.274 e. The Morgan fingerprint density at radius 3 is 2.61 bits per heavy atom. The van der Waals surface area contributed by atoms with Gasteiger partial charge in [0.05, 0.1) is 11.4 Å².